The maximum Gasteiger partial charge on any atom is 0.263 e. The van der Waals surface area contributed by atoms with Gasteiger partial charge in [-0.1, -0.05) is 11.8 Å². The zero-order valence-corrected chi connectivity index (χ0v) is 12.6. The van der Waals surface area contributed by atoms with Crippen molar-refractivity contribution in [2.24, 2.45) is 0 Å². The second kappa shape index (κ2) is 6.89. The molecule has 1 N–H and O–H groups in total. The molecule has 0 saturated carbocycles. The standard InChI is InChI=1S/C15H19NO3S/c1-11-9-14(20-13(11)6-3-7-17)15(18)16(2)10-12-5-4-8-19-12/h9,12,17H,4-5,7-8,10H2,1-2H3. The van der Waals surface area contributed by atoms with Gasteiger partial charge in [-0.25, -0.2) is 0 Å². The number of aliphatic hydroxyl groups excluding tert-OH is 1. The van der Waals surface area contributed by atoms with Crippen molar-refractivity contribution in [2.75, 3.05) is 26.8 Å². The van der Waals surface area contributed by atoms with E-state index < -0.39 is 0 Å². The van der Waals surface area contributed by atoms with Gasteiger partial charge in [0.15, 0.2) is 0 Å². The van der Waals surface area contributed by atoms with Gasteiger partial charge in [0, 0.05) is 20.2 Å². The van der Waals surface area contributed by atoms with E-state index in [-0.39, 0.29) is 18.6 Å². The fourth-order valence-electron chi connectivity index (χ4n) is 2.20. The van der Waals surface area contributed by atoms with Crippen molar-refractivity contribution in [1.29, 1.82) is 0 Å². The van der Waals surface area contributed by atoms with Crippen LogP contribution in [0.3, 0.4) is 0 Å². The van der Waals surface area contributed by atoms with E-state index >= 15 is 0 Å². The molecule has 1 saturated heterocycles. The number of hydrogen-bond donors (Lipinski definition) is 1. The van der Waals surface area contributed by atoms with Gasteiger partial charge >= 0.3 is 0 Å². The van der Waals surface area contributed by atoms with Crippen LogP contribution >= 0.6 is 11.3 Å². The highest BCUT2D eigenvalue weighted by molar-refractivity contribution is 7.14. The van der Waals surface area contributed by atoms with Crippen molar-refractivity contribution in [2.45, 2.75) is 25.9 Å². The highest BCUT2D eigenvalue weighted by Crippen LogP contribution is 2.23. The average Bonchev–Trinajstić information content (AvgIpc) is 3.05. The molecular weight excluding hydrogens is 274 g/mol. The molecule has 0 radical (unpaired) electrons. The summed E-state index contributed by atoms with van der Waals surface area (Å²) in [5, 5.41) is 8.72. The van der Waals surface area contributed by atoms with Crippen LogP contribution in [0, 0.1) is 18.8 Å². The summed E-state index contributed by atoms with van der Waals surface area (Å²) in [6, 6.07) is 1.86. The van der Waals surface area contributed by atoms with Gasteiger partial charge in [-0.15, -0.1) is 11.3 Å². The van der Waals surface area contributed by atoms with E-state index in [2.05, 4.69) is 11.8 Å². The molecule has 1 atom stereocenters. The fourth-order valence-corrected chi connectivity index (χ4v) is 3.24. The molecule has 1 fully saturated rings. The van der Waals surface area contributed by atoms with Gasteiger partial charge in [0.2, 0.25) is 0 Å². The van der Waals surface area contributed by atoms with E-state index in [9.17, 15) is 4.79 Å². The van der Waals surface area contributed by atoms with Crippen molar-refractivity contribution in [3.05, 3.63) is 21.4 Å². The number of aliphatic hydroxyl groups is 1. The molecule has 0 aromatic carbocycles. The molecule has 0 bridgehead atoms. The number of hydrogen-bond acceptors (Lipinski definition) is 4. The lowest BCUT2D eigenvalue weighted by Gasteiger charge is -2.20. The summed E-state index contributed by atoms with van der Waals surface area (Å²) in [5.74, 6) is 5.49. The Morgan fingerprint density at radius 3 is 3.10 bits per heavy atom. The first-order valence-corrected chi connectivity index (χ1v) is 7.50. The Bertz CT molecular complexity index is 535. The number of carbonyl (C=O) groups excluding carboxylic acids is 1. The van der Waals surface area contributed by atoms with Crippen LogP contribution in [-0.4, -0.2) is 48.8 Å². The average molecular weight is 293 g/mol. The lowest BCUT2D eigenvalue weighted by molar-refractivity contribution is 0.0590. The maximum absolute atomic E-state index is 12.4. The third-order valence-electron chi connectivity index (χ3n) is 3.26. The lowest BCUT2D eigenvalue weighted by atomic mass is 10.2. The molecule has 1 unspecified atom stereocenters. The zero-order chi connectivity index (χ0) is 14.5. The monoisotopic (exact) mass is 293 g/mol. The lowest BCUT2D eigenvalue weighted by Crippen LogP contribution is -2.33. The van der Waals surface area contributed by atoms with Crippen LogP contribution in [-0.2, 0) is 4.74 Å². The van der Waals surface area contributed by atoms with Crippen LogP contribution in [0.5, 0.6) is 0 Å². The highest BCUT2D eigenvalue weighted by atomic mass is 32.1. The van der Waals surface area contributed by atoms with Crippen LogP contribution in [0.25, 0.3) is 0 Å². The van der Waals surface area contributed by atoms with E-state index in [0.29, 0.717) is 11.4 Å². The molecule has 1 aliphatic rings. The van der Waals surface area contributed by atoms with Crippen molar-refractivity contribution in [1.82, 2.24) is 4.90 Å². The molecule has 1 aromatic rings. The number of aryl methyl sites for hydroxylation is 1. The summed E-state index contributed by atoms with van der Waals surface area (Å²) in [6.45, 7) is 3.19. The van der Waals surface area contributed by atoms with E-state index in [0.717, 1.165) is 29.9 Å². The Kier molecular flexibility index (Phi) is 5.18. The minimum atomic E-state index is -0.167. The van der Waals surface area contributed by atoms with Gasteiger partial charge < -0.3 is 14.7 Å². The number of amides is 1. The van der Waals surface area contributed by atoms with Gasteiger partial charge in [0.25, 0.3) is 5.91 Å². The first-order chi connectivity index (χ1) is 9.61. The summed E-state index contributed by atoms with van der Waals surface area (Å²) in [4.78, 5) is 15.6. The fraction of sp³-hybridized carbons (Fsp3) is 0.533. The third kappa shape index (κ3) is 3.60. The molecular formula is C15H19NO3S. The molecule has 2 heterocycles. The van der Waals surface area contributed by atoms with Gasteiger partial charge in [-0.3, -0.25) is 4.79 Å². The van der Waals surface area contributed by atoms with E-state index in [1.165, 1.54) is 11.3 Å². The predicted molar refractivity (Wildman–Crippen MR) is 79.0 cm³/mol. The molecule has 0 spiro atoms. The molecule has 20 heavy (non-hydrogen) atoms. The second-order valence-electron chi connectivity index (χ2n) is 4.90. The van der Waals surface area contributed by atoms with Crippen LogP contribution in [0.2, 0.25) is 0 Å². The Balaban J connectivity index is 2.04. The quantitative estimate of drug-likeness (QED) is 0.862. The number of thiophene rings is 1. The van der Waals surface area contributed by atoms with Crippen LogP contribution in [0.15, 0.2) is 6.07 Å². The molecule has 1 aliphatic heterocycles. The first-order valence-electron chi connectivity index (χ1n) is 6.69. The number of ether oxygens (including phenoxy) is 1. The SMILES string of the molecule is Cc1cc(C(=O)N(C)CC2CCCO2)sc1C#CCO. The Morgan fingerprint density at radius 2 is 2.45 bits per heavy atom. The van der Waals surface area contributed by atoms with Crippen LogP contribution < -0.4 is 0 Å². The van der Waals surface area contributed by atoms with Crippen molar-refractivity contribution >= 4 is 17.2 Å². The molecule has 2 rings (SSSR count). The van der Waals surface area contributed by atoms with Gasteiger partial charge in [0.05, 0.1) is 15.9 Å². The molecule has 0 aliphatic carbocycles. The van der Waals surface area contributed by atoms with Gasteiger partial charge in [-0.05, 0) is 31.4 Å². The summed E-state index contributed by atoms with van der Waals surface area (Å²) in [5.41, 5.74) is 0.977. The van der Waals surface area contributed by atoms with Crippen molar-refractivity contribution < 1.29 is 14.6 Å². The highest BCUT2D eigenvalue weighted by Gasteiger charge is 2.22. The van der Waals surface area contributed by atoms with Crippen molar-refractivity contribution in [3.63, 3.8) is 0 Å². The van der Waals surface area contributed by atoms with Gasteiger partial charge in [-0.2, -0.15) is 0 Å². The van der Waals surface area contributed by atoms with E-state index in [1.807, 2.05) is 13.0 Å². The smallest absolute Gasteiger partial charge is 0.263 e. The third-order valence-corrected chi connectivity index (χ3v) is 4.40. The summed E-state index contributed by atoms with van der Waals surface area (Å²) in [6.07, 6.45) is 2.26. The number of nitrogens with zero attached hydrogens (tertiary/aromatic N) is 1. The Labute approximate surface area is 123 Å². The Morgan fingerprint density at radius 1 is 1.65 bits per heavy atom. The van der Waals surface area contributed by atoms with Crippen molar-refractivity contribution in [3.8, 4) is 11.8 Å². The summed E-state index contributed by atoms with van der Waals surface area (Å²) >= 11 is 1.38. The van der Waals surface area contributed by atoms with E-state index in [4.69, 9.17) is 9.84 Å². The predicted octanol–water partition coefficient (Wildman–Crippen LogP) is 1.65. The molecule has 1 aromatic heterocycles. The van der Waals surface area contributed by atoms with Crippen LogP contribution in [0.4, 0.5) is 0 Å². The summed E-state index contributed by atoms with van der Waals surface area (Å²) in [7, 11) is 1.80. The van der Waals surface area contributed by atoms with Gasteiger partial charge in [0.1, 0.15) is 6.61 Å². The normalized spacial score (nSPS) is 17.6. The minimum Gasteiger partial charge on any atom is -0.384 e. The number of likely N-dealkylation sites (N-methyl/N-ethyl adjacent to an activating group) is 1. The zero-order valence-electron chi connectivity index (χ0n) is 11.8. The second-order valence-corrected chi connectivity index (χ2v) is 5.96. The minimum absolute atomic E-state index is 0.00523. The molecule has 1 amide bonds. The first kappa shape index (κ1) is 15.0. The Hall–Kier alpha value is -1.35. The number of carbonyl (C=O) groups is 1. The van der Waals surface area contributed by atoms with Crippen LogP contribution in [0.1, 0.15) is 33.0 Å². The van der Waals surface area contributed by atoms with E-state index in [1.54, 1.807) is 11.9 Å². The molecule has 5 heteroatoms. The number of rotatable bonds is 3. The molecule has 4 nitrogen and oxygen atoms in total. The topological polar surface area (TPSA) is 49.8 Å². The molecule has 108 valence electrons. The maximum atomic E-state index is 12.4. The largest absolute Gasteiger partial charge is 0.384 e. The summed E-state index contributed by atoms with van der Waals surface area (Å²) < 4.78 is 5.55.